The van der Waals surface area contributed by atoms with Gasteiger partial charge in [0.15, 0.2) is 0 Å². The molecule has 0 aromatic heterocycles. The second-order valence-corrected chi connectivity index (χ2v) is 5.06. The minimum Gasteiger partial charge on any atom is -0.480 e. The molecule has 0 aromatic rings. The largest absolute Gasteiger partial charge is 0.480 e. The molecule has 0 aliphatic carbocycles. The minimum absolute atomic E-state index is 0.173. The molecule has 0 saturated heterocycles. The molecule has 0 saturated carbocycles. The van der Waals surface area contributed by atoms with Crippen LogP contribution >= 0.6 is 0 Å². The summed E-state index contributed by atoms with van der Waals surface area (Å²) in [4.78, 5) is 22.6. The van der Waals surface area contributed by atoms with Crippen molar-refractivity contribution in [3.8, 4) is 0 Å². The van der Waals surface area contributed by atoms with Crippen molar-refractivity contribution in [2.75, 3.05) is 0 Å². The van der Waals surface area contributed by atoms with E-state index in [-0.39, 0.29) is 12.3 Å². The second kappa shape index (κ2) is 7.87. The average molecular weight is 257 g/mol. The minimum atomic E-state index is -1.15. The van der Waals surface area contributed by atoms with E-state index in [1.807, 2.05) is 27.7 Å². The number of hydrogen-bond donors (Lipinski definition) is 3. The van der Waals surface area contributed by atoms with Gasteiger partial charge in [-0.2, -0.15) is 0 Å². The van der Waals surface area contributed by atoms with Gasteiger partial charge in [0.25, 0.3) is 0 Å². The van der Waals surface area contributed by atoms with Crippen LogP contribution in [0.25, 0.3) is 0 Å². The molecule has 0 rings (SSSR count). The van der Waals surface area contributed by atoms with Crippen LogP contribution in [0.2, 0.25) is 0 Å². The quantitative estimate of drug-likeness (QED) is 0.600. The summed E-state index contributed by atoms with van der Waals surface area (Å²) in [6, 6.07) is -0.991. The number of nitrogens with one attached hydrogen (secondary N) is 1. The Hall–Kier alpha value is -1.36. The zero-order chi connectivity index (χ0) is 14.3. The summed E-state index contributed by atoms with van der Waals surface area (Å²) in [7, 11) is 0. The van der Waals surface area contributed by atoms with Gasteiger partial charge >= 0.3 is 5.97 Å². The van der Waals surface area contributed by atoms with Crippen LogP contribution in [0.3, 0.4) is 0 Å². The molecule has 0 unspecified atom stereocenters. The molecule has 0 bridgehead atoms. The van der Waals surface area contributed by atoms with Crippen molar-refractivity contribution in [1.29, 1.82) is 0 Å². The summed E-state index contributed by atoms with van der Waals surface area (Å²) < 4.78 is 0. The molecular weight excluding hydrogens is 234 g/mol. The standard InChI is InChI=1S/C13H23NO4/c1-8(2)5-6-10(13(17)18)14-12(16)11(15)7-9(3)4/h5,9-11,15H,6-7H2,1-4H3,(H,14,16)(H,17,18)/t10-,11+/m0/s1. The zero-order valence-corrected chi connectivity index (χ0v) is 11.4. The van der Waals surface area contributed by atoms with Crippen molar-refractivity contribution in [2.24, 2.45) is 5.92 Å². The van der Waals surface area contributed by atoms with Gasteiger partial charge < -0.3 is 15.5 Å². The molecule has 0 aliphatic heterocycles. The van der Waals surface area contributed by atoms with E-state index in [1.165, 1.54) is 0 Å². The predicted octanol–water partition coefficient (Wildman–Crippen LogP) is 1.32. The fraction of sp³-hybridized carbons (Fsp3) is 0.692. The monoisotopic (exact) mass is 257 g/mol. The van der Waals surface area contributed by atoms with E-state index in [2.05, 4.69) is 5.32 Å². The highest BCUT2D eigenvalue weighted by Crippen LogP contribution is 2.06. The SMILES string of the molecule is CC(C)=CC[C@H](NC(=O)[C@H](O)CC(C)C)C(=O)O. The number of carboxylic acids is 1. The van der Waals surface area contributed by atoms with E-state index in [1.54, 1.807) is 6.08 Å². The molecular formula is C13H23NO4. The van der Waals surface area contributed by atoms with Crippen LogP contribution < -0.4 is 5.32 Å². The van der Waals surface area contributed by atoms with Crippen molar-refractivity contribution in [3.63, 3.8) is 0 Å². The molecule has 0 heterocycles. The van der Waals surface area contributed by atoms with Gasteiger partial charge in [-0.3, -0.25) is 4.79 Å². The Bertz CT molecular complexity index is 319. The van der Waals surface area contributed by atoms with Gasteiger partial charge in [-0.05, 0) is 32.6 Å². The second-order valence-electron chi connectivity index (χ2n) is 5.06. The van der Waals surface area contributed by atoms with Crippen LogP contribution in [0.4, 0.5) is 0 Å². The van der Waals surface area contributed by atoms with E-state index in [9.17, 15) is 14.7 Å². The van der Waals surface area contributed by atoms with E-state index in [4.69, 9.17) is 5.11 Å². The molecule has 0 aromatic carbocycles. The van der Waals surface area contributed by atoms with Crippen LogP contribution in [0.5, 0.6) is 0 Å². The summed E-state index contributed by atoms with van der Waals surface area (Å²) >= 11 is 0. The summed E-state index contributed by atoms with van der Waals surface area (Å²) in [6.45, 7) is 7.48. The third kappa shape index (κ3) is 7.06. The summed E-state index contributed by atoms with van der Waals surface area (Å²) in [6.07, 6.45) is 1.13. The third-order valence-electron chi connectivity index (χ3n) is 2.37. The fourth-order valence-electron chi connectivity index (χ4n) is 1.40. The van der Waals surface area contributed by atoms with Crippen LogP contribution in [0.15, 0.2) is 11.6 Å². The third-order valence-corrected chi connectivity index (χ3v) is 2.37. The maximum Gasteiger partial charge on any atom is 0.326 e. The molecule has 0 fully saturated rings. The number of carbonyl (C=O) groups excluding carboxylic acids is 1. The van der Waals surface area contributed by atoms with E-state index >= 15 is 0 Å². The normalized spacial score (nSPS) is 13.9. The fourth-order valence-corrected chi connectivity index (χ4v) is 1.40. The Morgan fingerprint density at radius 2 is 1.83 bits per heavy atom. The van der Waals surface area contributed by atoms with E-state index in [0.717, 1.165) is 5.57 Å². The molecule has 1 amide bonds. The van der Waals surface area contributed by atoms with Crippen molar-refractivity contribution >= 4 is 11.9 Å². The van der Waals surface area contributed by atoms with Crippen molar-refractivity contribution in [1.82, 2.24) is 5.32 Å². The lowest BCUT2D eigenvalue weighted by Crippen LogP contribution is -2.45. The molecule has 3 N–H and O–H groups in total. The lowest BCUT2D eigenvalue weighted by molar-refractivity contribution is -0.143. The Morgan fingerprint density at radius 1 is 1.28 bits per heavy atom. The molecule has 5 heteroatoms. The predicted molar refractivity (Wildman–Crippen MR) is 69.1 cm³/mol. The van der Waals surface area contributed by atoms with Crippen molar-refractivity contribution in [3.05, 3.63) is 11.6 Å². The van der Waals surface area contributed by atoms with Crippen LogP contribution in [0.1, 0.15) is 40.5 Å². The summed E-state index contributed by atoms with van der Waals surface area (Å²) in [5.41, 5.74) is 0.984. The molecule has 18 heavy (non-hydrogen) atoms. The van der Waals surface area contributed by atoms with Gasteiger partial charge in [-0.15, -0.1) is 0 Å². The maximum absolute atomic E-state index is 11.6. The number of aliphatic carboxylic acids is 1. The first-order valence-electron chi connectivity index (χ1n) is 6.08. The first-order chi connectivity index (χ1) is 8.23. The smallest absolute Gasteiger partial charge is 0.326 e. The number of carbonyl (C=O) groups is 2. The van der Waals surface area contributed by atoms with Crippen LogP contribution in [0, 0.1) is 5.92 Å². The average Bonchev–Trinajstić information content (AvgIpc) is 2.21. The molecule has 2 atom stereocenters. The van der Waals surface area contributed by atoms with Crippen molar-refractivity contribution < 1.29 is 19.8 Å². The van der Waals surface area contributed by atoms with Gasteiger partial charge in [-0.25, -0.2) is 4.79 Å². The van der Waals surface area contributed by atoms with Gasteiger partial charge in [0.05, 0.1) is 0 Å². The van der Waals surface area contributed by atoms with Gasteiger partial charge in [-0.1, -0.05) is 25.5 Å². The Morgan fingerprint density at radius 3 is 2.22 bits per heavy atom. The molecule has 5 nitrogen and oxygen atoms in total. The lowest BCUT2D eigenvalue weighted by atomic mass is 10.0. The maximum atomic E-state index is 11.6. The molecule has 104 valence electrons. The Balaban J connectivity index is 4.45. The highest BCUT2D eigenvalue weighted by molar-refractivity contribution is 5.86. The number of hydrogen-bond acceptors (Lipinski definition) is 3. The number of rotatable bonds is 7. The van der Waals surface area contributed by atoms with Crippen LogP contribution in [-0.2, 0) is 9.59 Å². The van der Waals surface area contributed by atoms with Crippen LogP contribution in [-0.4, -0.2) is 34.2 Å². The lowest BCUT2D eigenvalue weighted by Gasteiger charge is -2.17. The van der Waals surface area contributed by atoms with Gasteiger partial charge in [0, 0.05) is 0 Å². The highest BCUT2D eigenvalue weighted by Gasteiger charge is 2.23. The van der Waals surface area contributed by atoms with E-state index < -0.39 is 24.0 Å². The Labute approximate surface area is 108 Å². The number of aliphatic hydroxyl groups is 1. The van der Waals surface area contributed by atoms with Gasteiger partial charge in [0.2, 0.25) is 5.91 Å². The van der Waals surface area contributed by atoms with E-state index in [0.29, 0.717) is 6.42 Å². The first kappa shape index (κ1) is 16.6. The summed E-state index contributed by atoms with van der Waals surface area (Å²) in [5, 5.41) is 20.9. The number of allylic oxidation sites excluding steroid dienone is 1. The number of aliphatic hydroxyl groups excluding tert-OH is 1. The molecule has 0 aliphatic rings. The Kier molecular flexibility index (Phi) is 7.27. The first-order valence-corrected chi connectivity index (χ1v) is 6.08. The number of amides is 1. The zero-order valence-electron chi connectivity index (χ0n) is 11.4. The number of carboxylic acid groups (broad SMARTS) is 1. The molecule has 0 radical (unpaired) electrons. The van der Waals surface area contributed by atoms with Gasteiger partial charge in [0.1, 0.15) is 12.1 Å². The highest BCUT2D eigenvalue weighted by atomic mass is 16.4. The summed E-state index contributed by atoms with van der Waals surface area (Å²) in [5.74, 6) is -1.55. The topological polar surface area (TPSA) is 86.6 Å². The molecule has 0 spiro atoms. The van der Waals surface area contributed by atoms with Crippen molar-refractivity contribution in [2.45, 2.75) is 52.7 Å².